The first-order valence-corrected chi connectivity index (χ1v) is 11.7. The van der Waals surface area contributed by atoms with Crippen molar-refractivity contribution in [2.45, 2.75) is 71.0 Å². The van der Waals surface area contributed by atoms with Gasteiger partial charge in [-0.15, -0.1) is 0 Å². The van der Waals surface area contributed by atoms with Gasteiger partial charge in [0, 0.05) is 44.2 Å². The molecule has 1 aromatic rings. The Morgan fingerprint density at radius 1 is 1.07 bits per heavy atom. The van der Waals surface area contributed by atoms with E-state index in [0.717, 1.165) is 50.4 Å². The smallest absolute Gasteiger partial charge is 0.223 e. The number of benzene rings is 1. The molecule has 30 heavy (non-hydrogen) atoms. The van der Waals surface area contributed by atoms with E-state index in [4.69, 9.17) is 9.47 Å². The van der Waals surface area contributed by atoms with Gasteiger partial charge in [-0.25, -0.2) is 0 Å². The van der Waals surface area contributed by atoms with Gasteiger partial charge in [-0.3, -0.25) is 9.69 Å². The third-order valence-corrected chi connectivity index (χ3v) is 7.43. The van der Waals surface area contributed by atoms with Gasteiger partial charge in [-0.05, 0) is 67.6 Å². The zero-order chi connectivity index (χ0) is 21.3. The molecular formula is C25H38N2O3. The third-order valence-electron chi connectivity index (χ3n) is 7.43. The molecule has 5 heteroatoms. The minimum atomic E-state index is 0.417. The van der Waals surface area contributed by atoms with Crippen LogP contribution in [0.5, 0.6) is 11.5 Å². The summed E-state index contributed by atoms with van der Waals surface area (Å²) in [6, 6.07) is 7.05. The molecule has 0 radical (unpaired) electrons. The van der Waals surface area contributed by atoms with Crippen LogP contribution in [0.15, 0.2) is 18.2 Å². The van der Waals surface area contributed by atoms with Crippen molar-refractivity contribution >= 4 is 5.91 Å². The summed E-state index contributed by atoms with van der Waals surface area (Å²) in [5.41, 5.74) is 1.24. The number of amides is 1. The number of methoxy groups -OCH3 is 2. The molecular weight excluding hydrogens is 376 g/mol. The first kappa shape index (κ1) is 21.5. The number of nitrogens with zero attached hydrogens (tertiary/aromatic N) is 2. The molecule has 1 aromatic carbocycles. The highest BCUT2D eigenvalue weighted by Crippen LogP contribution is 2.43. The van der Waals surface area contributed by atoms with Gasteiger partial charge < -0.3 is 14.4 Å². The molecule has 4 atom stereocenters. The minimum Gasteiger partial charge on any atom is -0.497 e. The minimum absolute atomic E-state index is 0.417. The second-order valence-electron chi connectivity index (χ2n) is 9.97. The zero-order valence-electron chi connectivity index (χ0n) is 19.1. The van der Waals surface area contributed by atoms with Gasteiger partial charge in [-0.2, -0.15) is 0 Å². The molecule has 4 rings (SSSR count). The molecule has 166 valence electrons. The Kier molecular flexibility index (Phi) is 6.57. The lowest BCUT2D eigenvalue weighted by molar-refractivity contribution is -0.153. The number of hydrogen-bond donors (Lipinski definition) is 0. The Morgan fingerprint density at radius 2 is 1.77 bits per heavy atom. The largest absolute Gasteiger partial charge is 0.497 e. The number of hydrogen-bond acceptors (Lipinski definition) is 4. The fraction of sp³-hybridized carbons (Fsp3) is 0.720. The molecule has 3 saturated heterocycles. The van der Waals surface area contributed by atoms with E-state index >= 15 is 0 Å². The standard InChI is InChI=1S/C25H38N2O3/c1-17(2)8-9-24-20-12-19(23-6-5-7-25(28)27(23)24)15-26(16-20)14-18-10-21(29-3)13-22(11-18)30-4/h10-11,13,17,19-20,23-24H,5-9,12,14-16H2,1-4H3/t19-,20+,23+,24+/m1/s1. The summed E-state index contributed by atoms with van der Waals surface area (Å²) >= 11 is 0. The van der Waals surface area contributed by atoms with E-state index in [-0.39, 0.29) is 0 Å². The molecule has 3 fully saturated rings. The number of piperidine rings is 3. The monoisotopic (exact) mass is 414 g/mol. The second-order valence-corrected chi connectivity index (χ2v) is 9.97. The van der Waals surface area contributed by atoms with Crippen LogP contribution in [-0.4, -0.2) is 55.1 Å². The summed E-state index contributed by atoms with van der Waals surface area (Å²) in [4.78, 5) is 17.9. The van der Waals surface area contributed by atoms with Gasteiger partial charge >= 0.3 is 0 Å². The van der Waals surface area contributed by atoms with Gasteiger partial charge in [0.1, 0.15) is 11.5 Å². The predicted octanol–water partition coefficient (Wildman–Crippen LogP) is 4.34. The first-order chi connectivity index (χ1) is 14.5. The fourth-order valence-electron chi connectivity index (χ4n) is 6.09. The molecule has 0 saturated carbocycles. The van der Waals surface area contributed by atoms with Crippen LogP contribution >= 0.6 is 0 Å². The summed E-state index contributed by atoms with van der Waals surface area (Å²) in [6.07, 6.45) is 6.64. The number of carbonyl (C=O) groups is 1. The van der Waals surface area contributed by atoms with Crippen LogP contribution in [0.3, 0.4) is 0 Å². The predicted molar refractivity (Wildman–Crippen MR) is 119 cm³/mol. The van der Waals surface area contributed by atoms with E-state index in [2.05, 4.69) is 35.8 Å². The lowest BCUT2D eigenvalue weighted by Crippen LogP contribution is -2.64. The molecule has 5 nitrogen and oxygen atoms in total. The van der Waals surface area contributed by atoms with Crippen LogP contribution in [0.1, 0.15) is 57.9 Å². The van der Waals surface area contributed by atoms with E-state index in [9.17, 15) is 4.79 Å². The highest BCUT2D eigenvalue weighted by molar-refractivity contribution is 5.78. The first-order valence-electron chi connectivity index (χ1n) is 11.7. The van der Waals surface area contributed by atoms with Crippen molar-refractivity contribution in [3.8, 4) is 11.5 Å². The van der Waals surface area contributed by atoms with Crippen molar-refractivity contribution in [1.29, 1.82) is 0 Å². The molecule has 0 aliphatic carbocycles. The SMILES string of the molecule is COc1cc(CN2C[C@H]3C[C@@H](C2)[C@H](CCC(C)C)N2C(=O)CCC[C@@H]32)cc(OC)c1. The Labute approximate surface area is 181 Å². The quantitative estimate of drug-likeness (QED) is 0.666. The maximum Gasteiger partial charge on any atom is 0.223 e. The van der Waals surface area contributed by atoms with Crippen LogP contribution in [0.25, 0.3) is 0 Å². The van der Waals surface area contributed by atoms with Crippen molar-refractivity contribution in [2.24, 2.45) is 17.8 Å². The topological polar surface area (TPSA) is 42.0 Å². The molecule has 0 aromatic heterocycles. The number of rotatable bonds is 7. The van der Waals surface area contributed by atoms with E-state index < -0.39 is 0 Å². The Morgan fingerprint density at radius 3 is 2.43 bits per heavy atom. The Bertz CT molecular complexity index is 728. The molecule has 2 bridgehead atoms. The summed E-state index contributed by atoms with van der Waals surface area (Å²) in [5.74, 6) is 4.00. The fourth-order valence-corrected chi connectivity index (χ4v) is 6.09. The molecule has 3 aliphatic rings. The van der Waals surface area contributed by atoms with Crippen LogP contribution in [0, 0.1) is 17.8 Å². The highest BCUT2D eigenvalue weighted by Gasteiger charge is 2.48. The summed E-state index contributed by atoms with van der Waals surface area (Å²) < 4.78 is 10.9. The van der Waals surface area contributed by atoms with Crippen molar-refractivity contribution < 1.29 is 14.3 Å². The average molecular weight is 415 g/mol. The number of likely N-dealkylation sites (tertiary alicyclic amines) is 1. The molecule has 3 heterocycles. The molecule has 3 aliphatic heterocycles. The summed E-state index contributed by atoms with van der Waals surface area (Å²) in [7, 11) is 3.41. The number of fused-ring (bicyclic) bond motifs is 4. The second kappa shape index (κ2) is 9.17. The number of carbonyl (C=O) groups excluding carboxylic acids is 1. The maximum atomic E-state index is 12.9. The van der Waals surface area contributed by atoms with Gasteiger partial charge in [0.2, 0.25) is 5.91 Å². The van der Waals surface area contributed by atoms with E-state index in [1.165, 1.54) is 24.8 Å². The van der Waals surface area contributed by atoms with Crippen LogP contribution in [-0.2, 0) is 11.3 Å². The van der Waals surface area contributed by atoms with Crippen molar-refractivity contribution in [3.63, 3.8) is 0 Å². The van der Waals surface area contributed by atoms with E-state index in [1.807, 2.05) is 6.07 Å². The Balaban J connectivity index is 1.53. The normalized spacial score (nSPS) is 29.1. The van der Waals surface area contributed by atoms with Crippen LogP contribution in [0.2, 0.25) is 0 Å². The van der Waals surface area contributed by atoms with Gasteiger partial charge in [0.25, 0.3) is 0 Å². The van der Waals surface area contributed by atoms with Gasteiger partial charge in [-0.1, -0.05) is 13.8 Å². The zero-order valence-corrected chi connectivity index (χ0v) is 19.1. The van der Waals surface area contributed by atoms with Crippen molar-refractivity contribution in [2.75, 3.05) is 27.3 Å². The van der Waals surface area contributed by atoms with Gasteiger partial charge in [0.05, 0.1) is 14.2 Å². The summed E-state index contributed by atoms with van der Waals surface area (Å²) in [6.45, 7) is 7.67. The van der Waals surface area contributed by atoms with Gasteiger partial charge in [0.15, 0.2) is 0 Å². The highest BCUT2D eigenvalue weighted by atomic mass is 16.5. The van der Waals surface area contributed by atoms with Crippen molar-refractivity contribution in [1.82, 2.24) is 9.80 Å². The molecule has 0 N–H and O–H groups in total. The molecule has 0 spiro atoms. The maximum absolute atomic E-state index is 12.9. The summed E-state index contributed by atoms with van der Waals surface area (Å²) in [5, 5.41) is 0. The average Bonchev–Trinajstić information content (AvgIpc) is 2.73. The lowest BCUT2D eigenvalue weighted by Gasteiger charge is -2.57. The third kappa shape index (κ3) is 4.46. The lowest BCUT2D eigenvalue weighted by atomic mass is 9.70. The number of ether oxygens (including phenoxy) is 2. The van der Waals surface area contributed by atoms with Crippen LogP contribution in [0.4, 0.5) is 0 Å². The van der Waals surface area contributed by atoms with Crippen LogP contribution < -0.4 is 9.47 Å². The van der Waals surface area contributed by atoms with Crippen molar-refractivity contribution in [3.05, 3.63) is 23.8 Å². The van der Waals surface area contributed by atoms with E-state index in [0.29, 0.717) is 35.7 Å². The van der Waals surface area contributed by atoms with E-state index in [1.54, 1.807) is 14.2 Å². The molecule has 1 amide bonds. The molecule has 0 unspecified atom stereocenters. The Hall–Kier alpha value is -1.75.